The zero-order chi connectivity index (χ0) is 15.1. The summed E-state index contributed by atoms with van der Waals surface area (Å²) in [5, 5.41) is 4.55. The van der Waals surface area contributed by atoms with Crippen molar-refractivity contribution in [2.75, 3.05) is 37.6 Å². The Morgan fingerprint density at radius 3 is 2.64 bits per heavy atom. The monoisotopic (exact) mass is 300 g/mol. The van der Waals surface area contributed by atoms with Gasteiger partial charge in [-0.3, -0.25) is 0 Å². The lowest BCUT2D eigenvalue weighted by Gasteiger charge is -2.21. The molecule has 0 atom stereocenters. The second-order valence-corrected chi connectivity index (χ2v) is 6.51. The van der Waals surface area contributed by atoms with E-state index in [-0.39, 0.29) is 0 Å². The summed E-state index contributed by atoms with van der Waals surface area (Å²) in [4.78, 5) is 14.1. The lowest BCUT2D eigenvalue weighted by molar-refractivity contribution is 0.334. The first-order valence-electron chi connectivity index (χ1n) is 8.42. The molecular weight excluding hydrogens is 276 g/mol. The van der Waals surface area contributed by atoms with Crippen LogP contribution in [0.2, 0.25) is 0 Å². The lowest BCUT2D eigenvalue weighted by atomic mass is 10.2. The number of likely N-dealkylation sites (tertiary alicyclic amines) is 1. The van der Waals surface area contributed by atoms with Gasteiger partial charge in [0.2, 0.25) is 0 Å². The van der Waals surface area contributed by atoms with E-state index in [1.165, 1.54) is 50.3 Å². The normalized spacial score (nSPS) is 18.5. The largest absolute Gasteiger partial charge is 0.356 e. The van der Waals surface area contributed by atoms with Crippen LogP contribution in [0.1, 0.15) is 36.3 Å². The van der Waals surface area contributed by atoms with Crippen LogP contribution in [0.3, 0.4) is 0 Å². The third-order valence-corrected chi connectivity index (χ3v) is 4.90. The molecule has 2 aliphatic heterocycles. The predicted octanol–water partition coefficient (Wildman–Crippen LogP) is 1.59. The molecule has 6 heteroatoms. The van der Waals surface area contributed by atoms with Crippen molar-refractivity contribution in [2.45, 2.75) is 39.5 Å². The van der Waals surface area contributed by atoms with Crippen LogP contribution in [0.4, 0.5) is 5.82 Å². The molecule has 0 radical (unpaired) electrons. The number of anilines is 1. The summed E-state index contributed by atoms with van der Waals surface area (Å²) < 4.78 is 1.94. The summed E-state index contributed by atoms with van der Waals surface area (Å²) in [7, 11) is 0. The maximum Gasteiger partial charge on any atom is 0.254 e. The molecule has 2 aromatic rings. The number of nitrogens with zero attached hydrogens (tertiary/aromatic N) is 6. The Hall–Kier alpha value is -1.69. The number of fused-ring (bicyclic) bond motifs is 3. The lowest BCUT2D eigenvalue weighted by Crippen LogP contribution is -2.28. The highest BCUT2D eigenvalue weighted by Crippen LogP contribution is 2.30. The molecule has 0 saturated carbocycles. The van der Waals surface area contributed by atoms with Gasteiger partial charge in [-0.25, -0.2) is 4.98 Å². The third-order valence-electron chi connectivity index (χ3n) is 4.90. The van der Waals surface area contributed by atoms with Gasteiger partial charge in [-0.2, -0.15) is 9.50 Å². The fourth-order valence-corrected chi connectivity index (χ4v) is 3.80. The minimum Gasteiger partial charge on any atom is -0.356 e. The highest BCUT2D eigenvalue weighted by molar-refractivity contribution is 5.58. The Morgan fingerprint density at radius 2 is 1.82 bits per heavy atom. The van der Waals surface area contributed by atoms with Crippen molar-refractivity contribution in [2.24, 2.45) is 0 Å². The van der Waals surface area contributed by atoms with Crippen molar-refractivity contribution in [3.05, 3.63) is 17.1 Å². The Bertz CT molecular complexity index is 685. The quantitative estimate of drug-likeness (QED) is 0.858. The van der Waals surface area contributed by atoms with E-state index in [2.05, 4.69) is 31.8 Å². The van der Waals surface area contributed by atoms with Crippen LogP contribution in [-0.4, -0.2) is 57.2 Å². The van der Waals surface area contributed by atoms with E-state index in [0.717, 1.165) is 36.8 Å². The van der Waals surface area contributed by atoms with E-state index in [1.54, 1.807) is 0 Å². The number of aryl methyl sites for hydroxylation is 2. The van der Waals surface area contributed by atoms with E-state index >= 15 is 0 Å². The molecule has 2 aliphatic rings. The zero-order valence-electron chi connectivity index (χ0n) is 13.5. The van der Waals surface area contributed by atoms with Crippen LogP contribution < -0.4 is 4.90 Å². The van der Waals surface area contributed by atoms with Crippen molar-refractivity contribution in [3.8, 4) is 0 Å². The summed E-state index contributed by atoms with van der Waals surface area (Å²) in [6.45, 7) is 9.99. The van der Waals surface area contributed by atoms with Crippen molar-refractivity contribution < 1.29 is 0 Å². The zero-order valence-corrected chi connectivity index (χ0v) is 13.5. The van der Waals surface area contributed by atoms with E-state index < -0.39 is 0 Å². The van der Waals surface area contributed by atoms with Crippen LogP contribution >= 0.6 is 0 Å². The van der Waals surface area contributed by atoms with Gasteiger partial charge in [0, 0.05) is 24.3 Å². The standard InChI is InChI=1S/C16H24N6/c1-12-14-6-11-21(10-5-9-20-7-3-4-8-20)15(14)22-16(17-12)18-13(2)19-22/h3-11H2,1-2H3. The van der Waals surface area contributed by atoms with Crippen molar-refractivity contribution in [1.29, 1.82) is 0 Å². The summed E-state index contributed by atoms with van der Waals surface area (Å²) in [5.74, 6) is 2.76. The molecule has 0 spiro atoms. The smallest absolute Gasteiger partial charge is 0.254 e. The van der Waals surface area contributed by atoms with Gasteiger partial charge >= 0.3 is 0 Å². The fourth-order valence-electron chi connectivity index (χ4n) is 3.80. The molecule has 22 heavy (non-hydrogen) atoms. The highest BCUT2D eigenvalue weighted by atomic mass is 15.4. The van der Waals surface area contributed by atoms with E-state index in [1.807, 2.05) is 11.4 Å². The second-order valence-electron chi connectivity index (χ2n) is 6.51. The Labute approximate surface area is 131 Å². The van der Waals surface area contributed by atoms with Gasteiger partial charge in [0.05, 0.1) is 0 Å². The number of rotatable bonds is 4. The number of aromatic nitrogens is 4. The molecule has 118 valence electrons. The molecular formula is C16H24N6. The molecule has 0 unspecified atom stereocenters. The molecule has 6 nitrogen and oxygen atoms in total. The Balaban J connectivity index is 1.55. The minimum atomic E-state index is 0.736. The van der Waals surface area contributed by atoms with Gasteiger partial charge in [0.25, 0.3) is 5.78 Å². The van der Waals surface area contributed by atoms with Gasteiger partial charge in [-0.1, -0.05) is 0 Å². The average molecular weight is 300 g/mol. The molecule has 1 fully saturated rings. The predicted molar refractivity (Wildman–Crippen MR) is 86.5 cm³/mol. The topological polar surface area (TPSA) is 49.6 Å². The van der Waals surface area contributed by atoms with Crippen LogP contribution in [0, 0.1) is 13.8 Å². The molecule has 0 amide bonds. The van der Waals surface area contributed by atoms with E-state index in [4.69, 9.17) is 0 Å². The van der Waals surface area contributed by atoms with Crippen LogP contribution in [0.5, 0.6) is 0 Å². The molecule has 0 N–H and O–H groups in total. The van der Waals surface area contributed by atoms with Crippen molar-refractivity contribution in [3.63, 3.8) is 0 Å². The summed E-state index contributed by atoms with van der Waals surface area (Å²) >= 11 is 0. The van der Waals surface area contributed by atoms with Crippen molar-refractivity contribution in [1.82, 2.24) is 24.5 Å². The van der Waals surface area contributed by atoms with E-state index in [0.29, 0.717) is 0 Å². The number of hydrogen-bond donors (Lipinski definition) is 0. The molecule has 1 saturated heterocycles. The maximum atomic E-state index is 4.60. The molecule has 4 heterocycles. The summed E-state index contributed by atoms with van der Waals surface area (Å²) in [6.07, 6.45) is 5.04. The summed E-state index contributed by atoms with van der Waals surface area (Å²) in [6, 6.07) is 0. The highest BCUT2D eigenvalue weighted by Gasteiger charge is 2.26. The van der Waals surface area contributed by atoms with Gasteiger partial charge < -0.3 is 9.80 Å². The van der Waals surface area contributed by atoms with Gasteiger partial charge in [-0.05, 0) is 59.2 Å². The molecule has 2 aromatic heterocycles. The number of hydrogen-bond acceptors (Lipinski definition) is 5. The second kappa shape index (κ2) is 5.50. The first-order valence-corrected chi connectivity index (χ1v) is 8.42. The average Bonchev–Trinajstić information content (AvgIpc) is 3.18. The first kappa shape index (κ1) is 13.9. The maximum absolute atomic E-state index is 4.60. The SMILES string of the molecule is Cc1nc2nc(C)c3c(n2n1)N(CCCN1CCCC1)CC3. The first-order chi connectivity index (χ1) is 10.7. The van der Waals surface area contributed by atoms with Gasteiger partial charge in [0.1, 0.15) is 11.6 Å². The minimum absolute atomic E-state index is 0.736. The van der Waals surface area contributed by atoms with Crippen LogP contribution in [-0.2, 0) is 6.42 Å². The molecule has 0 aromatic carbocycles. The van der Waals surface area contributed by atoms with Crippen LogP contribution in [0.25, 0.3) is 5.78 Å². The Kier molecular flexibility index (Phi) is 3.48. The molecule has 4 rings (SSSR count). The van der Waals surface area contributed by atoms with Crippen LogP contribution in [0.15, 0.2) is 0 Å². The van der Waals surface area contributed by atoms with E-state index in [9.17, 15) is 0 Å². The fraction of sp³-hybridized carbons (Fsp3) is 0.688. The van der Waals surface area contributed by atoms with Gasteiger partial charge in [0.15, 0.2) is 0 Å². The third kappa shape index (κ3) is 2.35. The molecule has 0 bridgehead atoms. The molecule has 0 aliphatic carbocycles. The Morgan fingerprint density at radius 1 is 1.00 bits per heavy atom. The van der Waals surface area contributed by atoms with Crippen molar-refractivity contribution >= 4 is 11.6 Å². The summed E-state index contributed by atoms with van der Waals surface area (Å²) in [5.41, 5.74) is 2.45. The van der Waals surface area contributed by atoms with Gasteiger partial charge in [-0.15, -0.1) is 5.10 Å².